The summed E-state index contributed by atoms with van der Waals surface area (Å²) >= 11 is 1.84. The van der Waals surface area contributed by atoms with Crippen molar-refractivity contribution in [3.63, 3.8) is 0 Å². The van der Waals surface area contributed by atoms with Crippen molar-refractivity contribution in [2.24, 2.45) is 0 Å². The third-order valence-corrected chi connectivity index (χ3v) is 8.15. The topological polar surface area (TPSA) is 34.1 Å². The van der Waals surface area contributed by atoms with E-state index in [0.717, 1.165) is 24.3 Å². The van der Waals surface area contributed by atoms with Crippen molar-refractivity contribution in [3.8, 4) is 0 Å². The summed E-state index contributed by atoms with van der Waals surface area (Å²) < 4.78 is 0. The van der Waals surface area contributed by atoms with Crippen LogP contribution in [0.5, 0.6) is 0 Å². The molecule has 0 rings (SSSR count). The molecule has 0 N–H and O–H groups in total. The summed E-state index contributed by atoms with van der Waals surface area (Å²) in [7, 11) is 3.46. The molecule has 1 unspecified atom stereocenters. The lowest BCUT2D eigenvalue weighted by Gasteiger charge is -2.13. The molecule has 0 aromatic carbocycles. The van der Waals surface area contributed by atoms with Crippen molar-refractivity contribution in [2.75, 3.05) is 17.8 Å². The Labute approximate surface area is 186 Å². The Morgan fingerprint density at radius 1 is 0.857 bits per heavy atom. The van der Waals surface area contributed by atoms with Crippen molar-refractivity contribution in [1.29, 1.82) is 0 Å². The van der Waals surface area contributed by atoms with E-state index in [2.05, 4.69) is 20.1 Å². The van der Waals surface area contributed by atoms with E-state index in [4.69, 9.17) is 0 Å². The highest BCUT2D eigenvalue weighted by molar-refractivity contribution is 8.76. The van der Waals surface area contributed by atoms with Gasteiger partial charge < -0.3 is 0 Å². The van der Waals surface area contributed by atoms with Crippen LogP contribution in [0.15, 0.2) is 12.2 Å². The van der Waals surface area contributed by atoms with Gasteiger partial charge in [0.2, 0.25) is 0 Å². The molecule has 0 saturated heterocycles. The molecule has 28 heavy (non-hydrogen) atoms. The minimum absolute atomic E-state index is 0.227. The molecule has 0 aromatic rings. The second kappa shape index (κ2) is 21.8. The quantitative estimate of drug-likeness (QED) is 0.102. The highest BCUT2D eigenvalue weighted by Gasteiger charge is 2.12. The van der Waals surface area contributed by atoms with E-state index in [1.54, 1.807) is 27.7 Å². The molecule has 0 spiro atoms. The average molecular weight is 447 g/mol. The Kier molecular flexibility index (Phi) is 21.9. The molecule has 0 saturated carbocycles. The van der Waals surface area contributed by atoms with Crippen LogP contribution in [0.4, 0.5) is 0 Å². The largest absolute Gasteiger partial charge is 0.300 e. The first-order chi connectivity index (χ1) is 13.6. The SMILES string of the molecule is CCCCCC/C=C/C(=O)CCSSCCC(=O)CC(CCCCCC)SC. The van der Waals surface area contributed by atoms with Gasteiger partial charge in [-0.1, -0.05) is 86.5 Å². The van der Waals surface area contributed by atoms with Gasteiger partial charge in [-0.05, 0) is 31.6 Å². The highest BCUT2D eigenvalue weighted by Crippen LogP contribution is 2.25. The lowest BCUT2D eigenvalue weighted by Crippen LogP contribution is -2.11. The van der Waals surface area contributed by atoms with E-state index in [9.17, 15) is 9.59 Å². The van der Waals surface area contributed by atoms with Crippen LogP contribution in [0.2, 0.25) is 0 Å². The molecule has 0 fully saturated rings. The van der Waals surface area contributed by atoms with E-state index in [-0.39, 0.29) is 5.78 Å². The number of Topliss-reactive ketones (excluding diaryl/α,β-unsaturated/α-hetero) is 1. The number of hydrogen-bond donors (Lipinski definition) is 0. The zero-order valence-electron chi connectivity index (χ0n) is 18.4. The summed E-state index contributed by atoms with van der Waals surface area (Å²) in [5.74, 6) is 2.32. The Hall–Kier alpha value is 0.130. The van der Waals surface area contributed by atoms with Gasteiger partial charge in [0.15, 0.2) is 5.78 Å². The number of thioether (sulfide) groups is 1. The molecule has 0 aliphatic carbocycles. The van der Waals surface area contributed by atoms with E-state index in [1.165, 1.54) is 57.8 Å². The molecular weight excluding hydrogens is 404 g/mol. The monoisotopic (exact) mass is 446 g/mol. The van der Waals surface area contributed by atoms with Crippen molar-refractivity contribution in [3.05, 3.63) is 12.2 Å². The molecule has 0 aliphatic heterocycles. The maximum atomic E-state index is 12.2. The Morgan fingerprint density at radius 3 is 2.14 bits per heavy atom. The molecule has 0 amide bonds. The Morgan fingerprint density at radius 2 is 1.50 bits per heavy atom. The molecule has 164 valence electrons. The summed E-state index contributed by atoms with van der Waals surface area (Å²) in [5.41, 5.74) is 0. The van der Waals surface area contributed by atoms with Gasteiger partial charge in [-0.2, -0.15) is 11.8 Å². The molecule has 0 aromatic heterocycles. The number of rotatable bonds is 21. The number of carbonyl (C=O) groups excluding carboxylic acids is 2. The third kappa shape index (κ3) is 19.4. The standard InChI is InChI=1S/C23H42O2S3/c1-4-6-8-10-11-12-14-21(24)16-18-27-28-19-17-22(25)20-23(26-3)15-13-9-7-5-2/h12,14,23H,4-11,13,15-20H2,1-3H3/b14-12+. The van der Waals surface area contributed by atoms with Gasteiger partial charge >= 0.3 is 0 Å². The first kappa shape index (κ1) is 28.1. The Balaban J connectivity index is 3.61. The first-order valence-corrected chi connectivity index (χ1v) is 14.9. The van der Waals surface area contributed by atoms with Gasteiger partial charge in [-0.25, -0.2) is 0 Å². The van der Waals surface area contributed by atoms with Gasteiger partial charge in [0.25, 0.3) is 0 Å². The molecule has 0 bridgehead atoms. The van der Waals surface area contributed by atoms with Gasteiger partial charge in [0.05, 0.1) is 0 Å². The van der Waals surface area contributed by atoms with Crippen LogP contribution in [0.1, 0.15) is 97.3 Å². The van der Waals surface area contributed by atoms with Gasteiger partial charge in [0, 0.05) is 36.0 Å². The van der Waals surface area contributed by atoms with Gasteiger partial charge in [0.1, 0.15) is 5.78 Å². The van der Waals surface area contributed by atoms with Crippen molar-refractivity contribution in [2.45, 2.75) is 103 Å². The molecule has 0 radical (unpaired) electrons. The zero-order chi connectivity index (χ0) is 20.9. The Bertz CT molecular complexity index is 411. The maximum Gasteiger partial charge on any atom is 0.156 e. The summed E-state index contributed by atoms with van der Waals surface area (Å²) in [6, 6.07) is 0. The number of carbonyl (C=O) groups is 2. The van der Waals surface area contributed by atoms with E-state index < -0.39 is 0 Å². The van der Waals surface area contributed by atoms with E-state index >= 15 is 0 Å². The smallest absolute Gasteiger partial charge is 0.156 e. The van der Waals surface area contributed by atoms with Crippen LogP contribution < -0.4 is 0 Å². The number of hydrogen-bond acceptors (Lipinski definition) is 5. The van der Waals surface area contributed by atoms with Crippen molar-refractivity contribution >= 4 is 44.9 Å². The number of ketones is 2. The molecule has 2 nitrogen and oxygen atoms in total. The van der Waals surface area contributed by atoms with Crippen LogP contribution in [0, 0.1) is 0 Å². The second-order valence-electron chi connectivity index (χ2n) is 7.31. The normalized spacial score (nSPS) is 12.5. The fourth-order valence-electron chi connectivity index (χ4n) is 2.86. The van der Waals surface area contributed by atoms with E-state index in [0.29, 0.717) is 23.9 Å². The fourth-order valence-corrected chi connectivity index (χ4v) is 5.65. The average Bonchev–Trinajstić information content (AvgIpc) is 2.69. The molecule has 0 heterocycles. The third-order valence-electron chi connectivity index (χ3n) is 4.68. The minimum atomic E-state index is 0.227. The number of unbranched alkanes of at least 4 members (excludes halogenated alkanes) is 7. The first-order valence-electron chi connectivity index (χ1n) is 11.1. The minimum Gasteiger partial charge on any atom is -0.300 e. The highest BCUT2D eigenvalue weighted by atomic mass is 33.1. The maximum absolute atomic E-state index is 12.2. The van der Waals surface area contributed by atoms with Crippen LogP contribution in [-0.2, 0) is 9.59 Å². The van der Waals surface area contributed by atoms with Gasteiger partial charge in [-0.3, -0.25) is 9.59 Å². The molecule has 5 heteroatoms. The fraction of sp³-hybridized carbons (Fsp3) is 0.826. The predicted molar refractivity (Wildman–Crippen MR) is 133 cm³/mol. The zero-order valence-corrected chi connectivity index (χ0v) is 20.8. The van der Waals surface area contributed by atoms with E-state index in [1.807, 2.05) is 17.8 Å². The van der Waals surface area contributed by atoms with Crippen molar-refractivity contribution in [1.82, 2.24) is 0 Å². The molecule has 1 atom stereocenters. The van der Waals surface area contributed by atoms with Gasteiger partial charge in [-0.15, -0.1) is 0 Å². The van der Waals surface area contributed by atoms with Crippen LogP contribution >= 0.6 is 33.3 Å². The lowest BCUT2D eigenvalue weighted by atomic mass is 10.1. The summed E-state index contributed by atoms with van der Waals surface area (Å²) in [4.78, 5) is 23.9. The lowest BCUT2D eigenvalue weighted by molar-refractivity contribution is -0.118. The number of allylic oxidation sites excluding steroid dienone is 2. The van der Waals surface area contributed by atoms with Crippen LogP contribution in [-0.4, -0.2) is 34.6 Å². The summed E-state index contributed by atoms with van der Waals surface area (Å²) in [6.45, 7) is 4.44. The summed E-state index contributed by atoms with van der Waals surface area (Å²) in [6.07, 6.45) is 20.2. The summed E-state index contributed by atoms with van der Waals surface area (Å²) in [5, 5.41) is 0.494. The molecule has 0 aliphatic rings. The predicted octanol–water partition coefficient (Wildman–Crippen LogP) is 7.90. The van der Waals surface area contributed by atoms with Crippen LogP contribution in [0.25, 0.3) is 0 Å². The van der Waals surface area contributed by atoms with Crippen molar-refractivity contribution < 1.29 is 9.59 Å². The van der Waals surface area contributed by atoms with Crippen LogP contribution in [0.3, 0.4) is 0 Å². The second-order valence-corrected chi connectivity index (χ2v) is 11.2. The molecular formula is C23H42O2S3.